The Bertz CT molecular complexity index is 1120. The fraction of sp³-hybridized carbons (Fsp3) is 0.614. The van der Waals surface area contributed by atoms with Crippen LogP contribution in [-0.4, -0.2) is 75.5 Å². The number of quaternary nitrogens is 1. The van der Waals surface area contributed by atoms with Crippen LogP contribution in [0.1, 0.15) is 123 Å². The van der Waals surface area contributed by atoms with E-state index in [4.69, 9.17) is 14.2 Å². The molecule has 0 radical (unpaired) electrons. The van der Waals surface area contributed by atoms with Crippen LogP contribution in [0.2, 0.25) is 0 Å². The van der Waals surface area contributed by atoms with Gasteiger partial charge in [-0.15, -0.1) is 0 Å². The van der Waals surface area contributed by atoms with Gasteiger partial charge in [-0.25, -0.2) is 0 Å². The third kappa shape index (κ3) is 32.4. The molecule has 0 aromatic carbocycles. The van der Waals surface area contributed by atoms with Crippen LogP contribution in [0.4, 0.5) is 0 Å². The van der Waals surface area contributed by atoms with Crippen LogP contribution in [-0.2, 0) is 28.6 Å². The van der Waals surface area contributed by atoms with Gasteiger partial charge in [0.25, 0.3) is 0 Å². The van der Waals surface area contributed by atoms with Crippen LogP contribution in [0.25, 0.3) is 0 Å². The number of rotatable bonds is 33. The Morgan fingerprint density at radius 3 is 1.60 bits per heavy atom. The van der Waals surface area contributed by atoms with Crippen LogP contribution in [0.5, 0.6) is 0 Å². The zero-order valence-corrected chi connectivity index (χ0v) is 33.2. The van der Waals surface area contributed by atoms with Crippen molar-refractivity contribution in [2.45, 2.75) is 135 Å². The predicted octanol–water partition coefficient (Wildman–Crippen LogP) is 8.85. The van der Waals surface area contributed by atoms with E-state index < -0.39 is 18.1 Å². The molecule has 0 aliphatic heterocycles. The van der Waals surface area contributed by atoms with E-state index in [0.29, 0.717) is 12.8 Å². The van der Waals surface area contributed by atoms with E-state index in [1.165, 1.54) is 25.7 Å². The molecule has 0 rings (SSSR count). The van der Waals surface area contributed by atoms with Gasteiger partial charge in [-0.2, -0.15) is 0 Å². The van der Waals surface area contributed by atoms with E-state index in [1.54, 1.807) is 21.1 Å². The fourth-order valence-corrected chi connectivity index (χ4v) is 4.97. The zero-order chi connectivity index (χ0) is 38.5. The second kappa shape index (κ2) is 34.6. The van der Waals surface area contributed by atoms with Gasteiger partial charge in [0, 0.05) is 19.3 Å². The quantitative estimate of drug-likeness (QED) is 0.0288. The summed E-state index contributed by atoms with van der Waals surface area (Å²) in [6, 6.07) is -0.744. The van der Waals surface area contributed by atoms with E-state index >= 15 is 0 Å². The first-order valence-corrected chi connectivity index (χ1v) is 19.6. The van der Waals surface area contributed by atoms with Crippen LogP contribution in [0.15, 0.2) is 85.1 Å². The molecular weight excluding hydrogens is 654 g/mol. The molecule has 2 atom stereocenters. The molecule has 0 aliphatic carbocycles. The van der Waals surface area contributed by atoms with Gasteiger partial charge in [-0.1, -0.05) is 112 Å². The molecule has 8 heteroatoms. The van der Waals surface area contributed by atoms with Crippen molar-refractivity contribution in [1.82, 2.24) is 0 Å². The topological polar surface area (TPSA) is 102 Å². The summed E-state index contributed by atoms with van der Waals surface area (Å²) < 4.78 is 16.9. The normalized spacial score (nSPS) is 13.9. The molecule has 0 aromatic rings. The fourth-order valence-electron chi connectivity index (χ4n) is 4.97. The number of aliphatic carboxylic acids is 1. The van der Waals surface area contributed by atoms with Gasteiger partial charge in [0.15, 0.2) is 6.10 Å². The van der Waals surface area contributed by atoms with Crippen molar-refractivity contribution in [2.75, 3.05) is 41.0 Å². The maximum atomic E-state index is 12.6. The lowest BCUT2D eigenvalue weighted by Crippen LogP contribution is -2.55. The van der Waals surface area contributed by atoms with Crippen molar-refractivity contribution in [3.05, 3.63) is 85.1 Å². The molecule has 0 aliphatic rings. The molecule has 0 fully saturated rings. The number of ether oxygens (including phenoxy) is 3. The van der Waals surface area contributed by atoms with E-state index in [1.807, 2.05) is 12.2 Å². The average molecular weight is 726 g/mol. The van der Waals surface area contributed by atoms with Crippen molar-refractivity contribution >= 4 is 17.9 Å². The molecule has 0 saturated carbocycles. The van der Waals surface area contributed by atoms with Crippen molar-refractivity contribution in [1.29, 1.82) is 0 Å². The summed E-state index contributed by atoms with van der Waals surface area (Å²) in [6.45, 7) is 4.33. The number of carboxylic acid groups (broad SMARTS) is 1. The maximum absolute atomic E-state index is 12.6. The van der Waals surface area contributed by atoms with Crippen LogP contribution in [0, 0.1) is 0 Å². The zero-order valence-electron chi connectivity index (χ0n) is 33.2. The smallest absolute Gasteiger partial charge is 0.306 e. The summed E-state index contributed by atoms with van der Waals surface area (Å²) in [7, 11) is 5.35. The number of likely N-dealkylation sites (N-methyl/N-ethyl adjacent to an activating group) is 1. The highest BCUT2D eigenvalue weighted by Crippen LogP contribution is 2.10. The summed E-state index contributed by atoms with van der Waals surface area (Å²) in [5.41, 5.74) is 0. The van der Waals surface area contributed by atoms with Gasteiger partial charge in [0.2, 0.25) is 0 Å². The molecule has 0 saturated heterocycles. The molecule has 0 heterocycles. The molecule has 2 unspecified atom stereocenters. The molecule has 8 nitrogen and oxygen atoms in total. The van der Waals surface area contributed by atoms with E-state index in [2.05, 4.69) is 86.8 Å². The van der Waals surface area contributed by atoms with E-state index in [0.717, 1.165) is 51.4 Å². The number of carbonyl (C=O) groups is 3. The summed E-state index contributed by atoms with van der Waals surface area (Å²) >= 11 is 0. The Morgan fingerprint density at radius 2 is 1.10 bits per heavy atom. The maximum Gasteiger partial charge on any atom is 0.306 e. The van der Waals surface area contributed by atoms with Gasteiger partial charge in [0.05, 0.1) is 40.3 Å². The molecule has 0 bridgehead atoms. The minimum absolute atomic E-state index is 0.000182. The Kier molecular flexibility index (Phi) is 32.3. The molecule has 0 N–H and O–H groups in total. The number of hydrogen-bond acceptors (Lipinski definition) is 7. The third-order valence-corrected chi connectivity index (χ3v) is 8.03. The lowest BCUT2D eigenvalue weighted by atomic mass is 10.1. The number of unbranched alkanes of at least 4 members (excludes halogenated alkanes) is 5. The Labute approximate surface area is 316 Å². The largest absolute Gasteiger partial charge is 0.544 e. The highest BCUT2D eigenvalue weighted by molar-refractivity contribution is 5.70. The number of allylic oxidation sites excluding steroid dienone is 14. The SMILES string of the molecule is CC/C=C/C/C=C/CCC(=O)OCC(COCCC(C(=O)[O-])[N+](C)(C)C)OC(=O)CCCC/C=C/C/C=C/C/C=C/C/C=C/C/C=C/CCCCC. The Morgan fingerprint density at radius 1 is 0.596 bits per heavy atom. The molecule has 0 amide bonds. The van der Waals surface area contributed by atoms with Crippen LogP contribution in [0.3, 0.4) is 0 Å². The predicted molar refractivity (Wildman–Crippen MR) is 212 cm³/mol. The molecule has 294 valence electrons. The number of carbonyl (C=O) groups excluding carboxylic acids is 3. The molecule has 0 spiro atoms. The third-order valence-electron chi connectivity index (χ3n) is 8.03. The van der Waals surface area contributed by atoms with Gasteiger partial charge >= 0.3 is 11.9 Å². The minimum atomic E-state index is -1.14. The molecule has 52 heavy (non-hydrogen) atoms. The number of esters is 2. The minimum Gasteiger partial charge on any atom is -0.544 e. The van der Waals surface area contributed by atoms with Crippen LogP contribution < -0.4 is 5.11 Å². The van der Waals surface area contributed by atoms with Gasteiger partial charge in [0.1, 0.15) is 12.6 Å². The summed E-state index contributed by atoms with van der Waals surface area (Å²) in [4.78, 5) is 36.5. The average Bonchev–Trinajstić information content (AvgIpc) is 3.09. The molecule has 0 aromatic heterocycles. The first-order valence-electron chi connectivity index (χ1n) is 19.6. The number of hydrogen-bond donors (Lipinski definition) is 0. The Hall–Kier alpha value is -3.49. The number of nitrogens with zero attached hydrogens (tertiary/aromatic N) is 1. The van der Waals surface area contributed by atoms with Gasteiger partial charge < -0.3 is 28.6 Å². The summed E-state index contributed by atoms with van der Waals surface area (Å²) in [6.07, 6.45) is 43.7. The molecular formula is C44H71NO7. The van der Waals surface area contributed by atoms with Crippen molar-refractivity contribution in [3.8, 4) is 0 Å². The lowest BCUT2D eigenvalue weighted by molar-refractivity contribution is -0.889. The lowest BCUT2D eigenvalue weighted by Gasteiger charge is -2.34. The van der Waals surface area contributed by atoms with Gasteiger partial charge in [-0.05, 0) is 77.0 Å². The standard InChI is InChI=1S/C44H71NO7/c1-6-8-10-12-14-15-16-17-18-19-20-21-22-23-24-25-26-27-29-31-33-35-43(47)52-40(38-50-37-36-41(44(48)49)45(3,4)5)39-51-42(46)34-32-30-28-13-11-9-7-2/h9,11,14-15,17-18,20-21,23-24,26-28,30,40-41H,6-8,10,12-13,16,19,22,25,29,31-39H2,1-5H3/b11-9+,15-14+,18-17+,21-20+,24-23+,27-26+,30-28+. The first-order chi connectivity index (χ1) is 25.1. The second-order valence-electron chi connectivity index (χ2n) is 13.8. The summed E-state index contributed by atoms with van der Waals surface area (Å²) in [5.74, 6) is -1.90. The Balaban J connectivity index is 4.45. The highest BCUT2D eigenvalue weighted by Gasteiger charge is 2.25. The summed E-state index contributed by atoms with van der Waals surface area (Å²) in [5, 5.41) is 11.6. The van der Waals surface area contributed by atoms with Crippen molar-refractivity contribution in [3.63, 3.8) is 0 Å². The van der Waals surface area contributed by atoms with Gasteiger partial charge in [-0.3, -0.25) is 9.59 Å². The first kappa shape index (κ1) is 48.5. The van der Waals surface area contributed by atoms with Crippen molar-refractivity contribution in [2.24, 2.45) is 0 Å². The van der Waals surface area contributed by atoms with Crippen LogP contribution >= 0.6 is 0 Å². The monoisotopic (exact) mass is 726 g/mol. The highest BCUT2D eigenvalue weighted by atomic mass is 16.6. The van der Waals surface area contributed by atoms with E-state index in [9.17, 15) is 19.5 Å². The van der Waals surface area contributed by atoms with Crippen molar-refractivity contribution < 1.29 is 38.2 Å². The number of carboxylic acids is 1. The second-order valence-corrected chi connectivity index (χ2v) is 13.8. The van der Waals surface area contributed by atoms with E-state index in [-0.39, 0.29) is 55.5 Å².